The zero-order valence-electron chi connectivity index (χ0n) is 17.9. The molecule has 1 N–H and O–H groups in total. The predicted octanol–water partition coefficient (Wildman–Crippen LogP) is 4.84. The molecule has 3 heterocycles. The maximum atomic E-state index is 12.2. The molecule has 31 heavy (non-hydrogen) atoms. The second-order valence-corrected chi connectivity index (χ2v) is 7.54. The Hall–Kier alpha value is -3.51. The van der Waals surface area contributed by atoms with Gasteiger partial charge in [-0.2, -0.15) is 0 Å². The number of pyridine rings is 2. The Labute approximate surface area is 181 Å². The average molecular weight is 415 g/mol. The van der Waals surface area contributed by atoms with E-state index in [0.717, 1.165) is 22.3 Å². The van der Waals surface area contributed by atoms with Crippen LogP contribution in [0.1, 0.15) is 35.1 Å². The van der Waals surface area contributed by atoms with Gasteiger partial charge in [0.2, 0.25) is 0 Å². The Bertz CT molecular complexity index is 1260. The van der Waals surface area contributed by atoms with Crippen molar-refractivity contribution in [3.8, 4) is 22.6 Å². The first kappa shape index (κ1) is 20.8. The molecule has 0 aliphatic rings. The molecule has 0 bridgehead atoms. The van der Waals surface area contributed by atoms with Gasteiger partial charge in [0, 0.05) is 31.0 Å². The first-order chi connectivity index (χ1) is 15.0. The van der Waals surface area contributed by atoms with Crippen LogP contribution in [0.25, 0.3) is 22.6 Å². The molecule has 0 saturated carbocycles. The van der Waals surface area contributed by atoms with Crippen LogP contribution < -0.4 is 5.56 Å². The molecule has 1 aromatic carbocycles. The quantitative estimate of drug-likeness (QED) is 0.467. The first-order valence-electron chi connectivity index (χ1n) is 10.3. The summed E-state index contributed by atoms with van der Waals surface area (Å²) in [6.07, 6.45) is 5.68. The van der Waals surface area contributed by atoms with Crippen molar-refractivity contribution in [2.24, 2.45) is 0 Å². The summed E-state index contributed by atoms with van der Waals surface area (Å²) in [5, 5.41) is 0. The number of aryl methyl sites for hydroxylation is 2. The third-order valence-corrected chi connectivity index (χ3v) is 5.15. The highest BCUT2D eigenvalue weighted by atomic mass is 16.5. The molecule has 0 aliphatic heterocycles. The maximum Gasteiger partial charge on any atom is 0.257 e. The maximum absolute atomic E-state index is 12.2. The number of rotatable bonds is 7. The monoisotopic (exact) mass is 415 g/mol. The lowest BCUT2D eigenvalue weighted by atomic mass is 10.0. The van der Waals surface area contributed by atoms with Crippen molar-refractivity contribution in [3.63, 3.8) is 0 Å². The van der Waals surface area contributed by atoms with Gasteiger partial charge >= 0.3 is 0 Å². The molecule has 0 aliphatic carbocycles. The zero-order chi connectivity index (χ0) is 21.8. The molecule has 0 atom stereocenters. The van der Waals surface area contributed by atoms with E-state index in [-0.39, 0.29) is 5.56 Å². The average Bonchev–Trinajstić information content (AvgIpc) is 3.24. The second kappa shape index (κ2) is 9.10. The molecule has 0 fully saturated rings. The summed E-state index contributed by atoms with van der Waals surface area (Å²) in [6.45, 7) is 7.28. The van der Waals surface area contributed by atoms with Gasteiger partial charge in [-0.15, -0.1) is 0 Å². The number of nitrogens with one attached hydrogen (secondary N) is 1. The van der Waals surface area contributed by atoms with E-state index >= 15 is 0 Å². The van der Waals surface area contributed by atoms with E-state index < -0.39 is 0 Å². The number of aromatic amines is 1. The lowest BCUT2D eigenvalue weighted by Gasteiger charge is -2.08. The number of ether oxygens (including phenoxy) is 1. The van der Waals surface area contributed by atoms with Crippen molar-refractivity contribution < 1.29 is 9.15 Å². The van der Waals surface area contributed by atoms with Crippen molar-refractivity contribution in [1.82, 2.24) is 15.0 Å². The first-order valence-corrected chi connectivity index (χ1v) is 10.3. The molecule has 0 unspecified atom stereocenters. The number of H-pyrrole nitrogens is 1. The smallest absolute Gasteiger partial charge is 0.257 e. The van der Waals surface area contributed by atoms with E-state index in [1.807, 2.05) is 32.0 Å². The second-order valence-electron chi connectivity index (χ2n) is 7.54. The summed E-state index contributed by atoms with van der Waals surface area (Å²) in [5.74, 6) is 1.28. The molecule has 6 nitrogen and oxygen atoms in total. The highest BCUT2D eigenvalue weighted by Gasteiger charge is 2.12. The number of benzene rings is 1. The number of nitrogens with zero attached hydrogens (tertiary/aromatic N) is 2. The van der Waals surface area contributed by atoms with Crippen molar-refractivity contribution in [2.75, 3.05) is 6.61 Å². The van der Waals surface area contributed by atoms with Crippen LogP contribution in [0.3, 0.4) is 0 Å². The molecule has 0 amide bonds. The summed E-state index contributed by atoms with van der Waals surface area (Å²) < 4.78 is 11.6. The van der Waals surface area contributed by atoms with Crippen LogP contribution in [0.5, 0.6) is 0 Å². The van der Waals surface area contributed by atoms with Crippen LogP contribution >= 0.6 is 0 Å². The standard InChI is InChI=1S/C25H25N3O3/c1-4-30-15-18-6-5-17(3)20(10-18)12-24-27-14-23(31-24)19-7-8-26-22(11-19)21-9-16(2)13-28-25(21)29/h5-11,13-14H,4,12,15H2,1-3H3,(H,28,29). The molecule has 0 radical (unpaired) electrons. The van der Waals surface area contributed by atoms with Gasteiger partial charge in [0.1, 0.15) is 0 Å². The van der Waals surface area contributed by atoms with Crippen molar-refractivity contribution in [1.29, 1.82) is 0 Å². The molecule has 4 rings (SSSR count). The van der Waals surface area contributed by atoms with Gasteiger partial charge in [0.25, 0.3) is 5.56 Å². The minimum Gasteiger partial charge on any atom is -0.440 e. The molecule has 0 spiro atoms. The fraction of sp³-hybridized carbons (Fsp3) is 0.240. The zero-order valence-corrected chi connectivity index (χ0v) is 17.9. The summed E-state index contributed by atoms with van der Waals surface area (Å²) in [5.41, 5.74) is 6.23. The number of hydrogen-bond acceptors (Lipinski definition) is 5. The topological polar surface area (TPSA) is 81.0 Å². The Morgan fingerprint density at radius 1 is 1.10 bits per heavy atom. The number of hydrogen-bond donors (Lipinski definition) is 1. The number of aromatic nitrogens is 3. The summed E-state index contributed by atoms with van der Waals surface area (Å²) >= 11 is 0. The van der Waals surface area contributed by atoms with Gasteiger partial charge in [-0.1, -0.05) is 18.2 Å². The lowest BCUT2D eigenvalue weighted by Crippen LogP contribution is -2.09. The normalized spacial score (nSPS) is 11.1. The summed E-state index contributed by atoms with van der Waals surface area (Å²) in [6, 6.07) is 11.9. The molecule has 4 aromatic rings. The molecule has 0 saturated heterocycles. The van der Waals surface area contributed by atoms with Crippen LogP contribution in [0.15, 0.2) is 64.2 Å². The van der Waals surface area contributed by atoms with Gasteiger partial charge in [0.15, 0.2) is 11.7 Å². The van der Waals surface area contributed by atoms with Gasteiger partial charge in [-0.25, -0.2) is 4.98 Å². The van der Waals surface area contributed by atoms with Crippen LogP contribution in [0, 0.1) is 13.8 Å². The van der Waals surface area contributed by atoms with Gasteiger partial charge in [-0.3, -0.25) is 9.78 Å². The van der Waals surface area contributed by atoms with Gasteiger partial charge in [0.05, 0.1) is 24.1 Å². The molecule has 3 aromatic heterocycles. The van der Waals surface area contributed by atoms with E-state index in [9.17, 15) is 4.79 Å². The van der Waals surface area contributed by atoms with Crippen molar-refractivity contribution >= 4 is 0 Å². The highest BCUT2D eigenvalue weighted by Crippen LogP contribution is 2.25. The predicted molar refractivity (Wildman–Crippen MR) is 120 cm³/mol. The van der Waals surface area contributed by atoms with E-state index in [1.165, 1.54) is 5.56 Å². The van der Waals surface area contributed by atoms with Gasteiger partial charge in [-0.05, 0) is 61.2 Å². The van der Waals surface area contributed by atoms with Crippen molar-refractivity contribution in [2.45, 2.75) is 33.8 Å². The molecule has 158 valence electrons. The third kappa shape index (κ3) is 4.81. The van der Waals surface area contributed by atoms with E-state index in [4.69, 9.17) is 9.15 Å². The highest BCUT2D eigenvalue weighted by molar-refractivity contribution is 5.67. The van der Waals surface area contributed by atoms with Gasteiger partial charge < -0.3 is 14.1 Å². The van der Waals surface area contributed by atoms with Crippen LogP contribution in [0.2, 0.25) is 0 Å². The minimum atomic E-state index is -0.170. The Morgan fingerprint density at radius 2 is 1.97 bits per heavy atom. The van der Waals surface area contributed by atoms with E-state index in [0.29, 0.717) is 42.5 Å². The summed E-state index contributed by atoms with van der Waals surface area (Å²) in [7, 11) is 0. The Morgan fingerprint density at radius 3 is 2.81 bits per heavy atom. The fourth-order valence-electron chi connectivity index (χ4n) is 3.43. The SMILES string of the molecule is CCOCc1ccc(C)c(Cc2ncc(-c3ccnc(-c4cc(C)c[nH]c4=O)c3)o2)c1. The summed E-state index contributed by atoms with van der Waals surface area (Å²) in [4.78, 5) is 23.8. The molecular weight excluding hydrogens is 390 g/mol. The third-order valence-electron chi connectivity index (χ3n) is 5.15. The Kier molecular flexibility index (Phi) is 6.09. The largest absolute Gasteiger partial charge is 0.440 e. The number of oxazole rings is 1. The van der Waals surface area contributed by atoms with Crippen molar-refractivity contribution in [3.05, 3.63) is 93.5 Å². The fourth-order valence-corrected chi connectivity index (χ4v) is 3.43. The Balaban J connectivity index is 1.59. The minimum absolute atomic E-state index is 0.170. The van der Waals surface area contributed by atoms with Crippen LogP contribution in [0.4, 0.5) is 0 Å². The molecule has 6 heteroatoms. The van der Waals surface area contributed by atoms with Crippen LogP contribution in [-0.2, 0) is 17.8 Å². The lowest BCUT2D eigenvalue weighted by molar-refractivity contribution is 0.134. The van der Waals surface area contributed by atoms with Crippen LogP contribution in [-0.4, -0.2) is 21.6 Å². The van der Waals surface area contributed by atoms with E-state index in [1.54, 1.807) is 18.6 Å². The molecular formula is C25H25N3O3. The van der Waals surface area contributed by atoms with E-state index in [2.05, 4.69) is 40.1 Å².